The van der Waals surface area contributed by atoms with Crippen LogP contribution in [0.15, 0.2) is 47.4 Å². The Morgan fingerprint density at radius 3 is 2.52 bits per heavy atom. The van der Waals surface area contributed by atoms with Crippen LogP contribution in [0.1, 0.15) is 23.6 Å². The minimum Gasteiger partial charge on any atom is -0.207 e. The van der Waals surface area contributed by atoms with Gasteiger partial charge in [-0.1, -0.05) is 42.8 Å². The molecule has 0 aliphatic rings. The Labute approximate surface area is 142 Å². The van der Waals surface area contributed by atoms with Crippen LogP contribution >= 0.6 is 11.6 Å². The van der Waals surface area contributed by atoms with Crippen LogP contribution in [-0.2, 0) is 16.6 Å². The number of hydrogen-bond acceptors (Lipinski definition) is 3. The zero-order valence-electron chi connectivity index (χ0n) is 13.0. The van der Waals surface area contributed by atoms with Gasteiger partial charge < -0.3 is 0 Å². The number of aryl methyl sites for hydroxylation is 1. The third-order valence-corrected chi connectivity index (χ3v) is 5.90. The van der Waals surface area contributed by atoms with Crippen molar-refractivity contribution in [2.24, 2.45) is 0 Å². The van der Waals surface area contributed by atoms with Crippen molar-refractivity contribution in [3.63, 3.8) is 0 Å². The minimum atomic E-state index is -3.69. The molecule has 0 atom stereocenters. The number of sulfonamides is 1. The average Bonchev–Trinajstić information content (AvgIpc) is 2.54. The van der Waals surface area contributed by atoms with E-state index < -0.39 is 10.0 Å². The van der Waals surface area contributed by atoms with Gasteiger partial charge in [0.1, 0.15) is 6.07 Å². The van der Waals surface area contributed by atoms with Crippen LogP contribution in [0.4, 0.5) is 0 Å². The van der Waals surface area contributed by atoms with Gasteiger partial charge in [-0.25, -0.2) is 8.42 Å². The maximum Gasteiger partial charge on any atom is 0.243 e. The van der Waals surface area contributed by atoms with Crippen molar-refractivity contribution in [3.05, 3.63) is 64.2 Å². The molecule has 0 spiro atoms. The summed E-state index contributed by atoms with van der Waals surface area (Å²) < 4.78 is 27.1. The third-order valence-electron chi connectivity index (χ3n) is 3.66. The van der Waals surface area contributed by atoms with Crippen molar-refractivity contribution < 1.29 is 8.42 Å². The number of nitrogens with zero attached hydrogens (tertiary/aromatic N) is 2. The predicted octanol–water partition coefficient (Wildman–Crippen LogP) is 3.73. The Hall–Kier alpha value is -1.87. The summed E-state index contributed by atoms with van der Waals surface area (Å²) in [5.41, 5.74) is 2.14. The van der Waals surface area contributed by atoms with Crippen LogP contribution in [0.25, 0.3) is 0 Å². The van der Waals surface area contributed by atoms with Crippen LogP contribution in [-0.4, -0.2) is 19.3 Å². The molecule has 120 valence electrons. The van der Waals surface area contributed by atoms with E-state index >= 15 is 0 Å². The first-order valence-electron chi connectivity index (χ1n) is 7.14. The van der Waals surface area contributed by atoms with E-state index in [9.17, 15) is 8.42 Å². The molecule has 0 fully saturated rings. The third kappa shape index (κ3) is 3.73. The van der Waals surface area contributed by atoms with Crippen LogP contribution in [0.2, 0.25) is 5.02 Å². The van der Waals surface area contributed by atoms with E-state index in [2.05, 4.69) is 0 Å². The maximum atomic E-state index is 12.8. The fourth-order valence-electron chi connectivity index (χ4n) is 2.24. The molecule has 6 heteroatoms. The zero-order valence-corrected chi connectivity index (χ0v) is 14.5. The second-order valence-corrected chi connectivity index (χ2v) is 7.46. The van der Waals surface area contributed by atoms with Crippen molar-refractivity contribution in [1.82, 2.24) is 4.31 Å². The van der Waals surface area contributed by atoms with Crippen LogP contribution in [0, 0.1) is 18.3 Å². The quantitative estimate of drug-likeness (QED) is 0.827. The van der Waals surface area contributed by atoms with Gasteiger partial charge in [0.2, 0.25) is 10.0 Å². The predicted molar refractivity (Wildman–Crippen MR) is 90.6 cm³/mol. The summed E-state index contributed by atoms with van der Waals surface area (Å²) in [7, 11) is -3.69. The molecular formula is C17H17ClN2O2S. The van der Waals surface area contributed by atoms with Crippen molar-refractivity contribution in [3.8, 4) is 6.07 Å². The number of rotatable bonds is 5. The average molecular weight is 349 g/mol. The van der Waals surface area contributed by atoms with E-state index in [0.29, 0.717) is 6.54 Å². The maximum absolute atomic E-state index is 12.8. The summed E-state index contributed by atoms with van der Waals surface area (Å²) in [4.78, 5) is 0.0777. The van der Waals surface area contributed by atoms with Crippen molar-refractivity contribution >= 4 is 21.6 Å². The molecule has 2 aromatic rings. The molecule has 0 unspecified atom stereocenters. The van der Waals surface area contributed by atoms with E-state index in [1.165, 1.54) is 22.5 Å². The highest BCUT2D eigenvalue weighted by molar-refractivity contribution is 7.89. The molecule has 0 aliphatic heterocycles. The molecule has 0 radical (unpaired) electrons. The number of hydrogen-bond donors (Lipinski definition) is 0. The van der Waals surface area contributed by atoms with E-state index in [1.54, 1.807) is 6.92 Å². The minimum absolute atomic E-state index is 0.0777. The Morgan fingerprint density at radius 1 is 1.22 bits per heavy atom. The zero-order chi connectivity index (χ0) is 17.0. The van der Waals surface area contributed by atoms with E-state index in [-0.39, 0.29) is 22.0 Å². The monoisotopic (exact) mass is 348 g/mol. The molecule has 0 amide bonds. The Bertz CT molecular complexity index is 857. The van der Waals surface area contributed by atoms with Crippen LogP contribution in [0.5, 0.6) is 0 Å². The van der Waals surface area contributed by atoms with Gasteiger partial charge in [-0.05, 0) is 36.2 Å². The molecule has 0 aliphatic carbocycles. The van der Waals surface area contributed by atoms with Crippen molar-refractivity contribution in [2.45, 2.75) is 25.3 Å². The largest absolute Gasteiger partial charge is 0.243 e. The Balaban J connectivity index is 2.40. The Kier molecular flexibility index (Phi) is 5.42. The molecule has 4 nitrogen and oxygen atoms in total. The van der Waals surface area contributed by atoms with Gasteiger partial charge in [0.05, 0.1) is 15.5 Å². The first-order valence-corrected chi connectivity index (χ1v) is 8.96. The van der Waals surface area contributed by atoms with Gasteiger partial charge >= 0.3 is 0 Å². The van der Waals surface area contributed by atoms with Gasteiger partial charge in [-0.2, -0.15) is 9.57 Å². The lowest BCUT2D eigenvalue weighted by Crippen LogP contribution is -2.30. The topological polar surface area (TPSA) is 61.2 Å². The lowest BCUT2D eigenvalue weighted by molar-refractivity contribution is 0.422. The SMILES string of the molecule is CCN(Cc1ccccc1C)S(=O)(=O)c1ccc(Cl)c(C#N)c1. The first-order chi connectivity index (χ1) is 10.9. The smallest absolute Gasteiger partial charge is 0.207 e. The van der Waals surface area contributed by atoms with Crippen molar-refractivity contribution in [1.29, 1.82) is 5.26 Å². The molecule has 2 aromatic carbocycles. The molecule has 2 rings (SSSR count). The van der Waals surface area contributed by atoms with Crippen LogP contribution in [0.3, 0.4) is 0 Å². The molecule has 0 saturated carbocycles. The molecule has 0 N–H and O–H groups in total. The summed E-state index contributed by atoms with van der Waals surface area (Å²) >= 11 is 5.88. The molecule has 0 saturated heterocycles. The lowest BCUT2D eigenvalue weighted by atomic mass is 10.1. The van der Waals surface area contributed by atoms with Gasteiger partial charge in [0.15, 0.2) is 0 Å². The molecule has 23 heavy (non-hydrogen) atoms. The number of halogens is 1. The highest BCUT2D eigenvalue weighted by atomic mass is 35.5. The van der Waals surface area contributed by atoms with E-state index in [1.807, 2.05) is 37.3 Å². The fourth-order valence-corrected chi connectivity index (χ4v) is 3.86. The highest BCUT2D eigenvalue weighted by Gasteiger charge is 2.24. The fraction of sp³-hybridized carbons (Fsp3) is 0.235. The summed E-state index contributed by atoms with van der Waals surface area (Å²) in [6.07, 6.45) is 0. The van der Waals surface area contributed by atoms with Gasteiger partial charge in [0, 0.05) is 13.1 Å². The van der Waals surface area contributed by atoms with Gasteiger partial charge in [0.25, 0.3) is 0 Å². The normalized spacial score (nSPS) is 11.4. The molecule has 0 heterocycles. The summed E-state index contributed by atoms with van der Waals surface area (Å²) in [5, 5.41) is 9.28. The second kappa shape index (κ2) is 7.14. The summed E-state index contributed by atoms with van der Waals surface area (Å²) in [6.45, 7) is 4.36. The highest BCUT2D eigenvalue weighted by Crippen LogP contribution is 2.24. The number of nitriles is 1. The summed E-state index contributed by atoms with van der Waals surface area (Å²) in [6, 6.07) is 13.8. The van der Waals surface area contributed by atoms with Crippen LogP contribution < -0.4 is 0 Å². The summed E-state index contributed by atoms with van der Waals surface area (Å²) in [5.74, 6) is 0. The standard InChI is InChI=1S/C17H17ClN2O2S/c1-3-20(12-14-7-5-4-6-13(14)2)23(21,22)16-8-9-17(18)15(10-16)11-19/h4-10H,3,12H2,1-2H3. The second-order valence-electron chi connectivity index (χ2n) is 5.11. The van der Waals surface area contributed by atoms with Gasteiger partial charge in [-0.15, -0.1) is 0 Å². The molecular weight excluding hydrogens is 332 g/mol. The molecule has 0 aromatic heterocycles. The Morgan fingerprint density at radius 2 is 1.91 bits per heavy atom. The van der Waals surface area contributed by atoms with E-state index in [4.69, 9.17) is 16.9 Å². The van der Waals surface area contributed by atoms with Crippen molar-refractivity contribution in [2.75, 3.05) is 6.54 Å². The number of benzene rings is 2. The lowest BCUT2D eigenvalue weighted by Gasteiger charge is -2.21. The van der Waals surface area contributed by atoms with E-state index in [0.717, 1.165) is 11.1 Å². The van der Waals surface area contributed by atoms with Gasteiger partial charge in [-0.3, -0.25) is 0 Å². The first kappa shape index (κ1) is 17.5. The molecule has 0 bridgehead atoms.